The minimum absolute atomic E-state index is 0.0307. The molecule has 3 aromatic rings. The number of ether oxygens (including phenoxy) is 1. The number of carbonyl (C=O) groups is 1. The predicted octanol–water partition coefficient (Wildman–Crippen LogP) is 3.70. The lowest BCUT2D eigenvalue weighted by atomic mass is 10.1. The normalized spacial score (nSPS) is 11.6. The van der Waals surface area contributed by atoms with Gasteiger partial charge in [0.2, 0.25) is 5.91 Å². The van der Waals surface area contributed by atoms with E-state index in [0.29, 0.717) is 16.4 Å². The lowest BCUT2D eigenvalue weighted by Crippen LogP contribution is -2.32. The number of anilines is 1. The Morgan fingerprint density at radius 3 is 2.59 bits per heavy atom. The van der Waals surface area contributed by atoms with Crippen LogP contribution < -0.4 is 14.8 Å². The van der Waals surface area contributed by atoms with E-state index in [2.05, 4.69) is 19.8 Å². The van der Waals surface area contributed by atoms with Gasteiger partial charge in [-0.05, 0) is 42.6 Å². The number of alkyl halides is 2. The van der Waals surface area contributed by atoms with Gasteiger partial charge in [0, 0.05) is 10.4 Å². The smallest absolute Gasteiger partial charge is 0.387 e. The van der Waals surface area contributed by atoms with E-state index in [9.17, 15) is 22.0 Å². The highest BCUT2D eigenvalue weighted by Gasteiger charge is 2.18. The Balaban J connectivity index is 1.63. The van der Waals surface area contributed by atoms with Crippen LogP contribution in [0.1, 0.15) is 4.88 Å². The number of nitrogens with zero attached hydrogens (tertiary/aromatic N) is 1. The number of aromatic nitrogens is 1. The van der Waals surface area contributed by atoms with E-state index in [-0.39, 0.29) is 9.96 Å². The number of amides is 1. The molecule has 12 heteroatoms. The molecule has 0 saturated heterocycles. The first kappa shape index (κ1) is 21.3. The number of benzene rings is 1. The monoisotopic (exact) mass is 459 g/mol. The van der Waals surface area contributed by atoms with Crippen molar-refractivity contribution in [1.82, 2.24) is 9.71 Å². The third-order valence-electron chi connectivity index (χ3n) is 3.58. The van der Waals surface area contributed by atoms with Crippen molar-refractivity contribution in [2.24, 2.45) is 0 Å². The summed E-state index contributed by atoms with van der Waals surface area (Å²) in [5, 5.41) is 4.47. The Kier molecular flexibility index (Phi) is 6.57. The molecule has 0 spiro atoms. The largest absolute Gasteiger partial charge is 0.435 e. The minimum Gasteiger partial charge on any atom is -0.435 e. The summed E-state index contributed by atoms with van der Waals surface area (Å²) in [6.07, 6.45) is 0. The Morgan fingerprint density at radius 2 is 1.97 bits per heavy atom. The summed E-state index contributed by atoms with van der Waals surface area (Å²) < 4.78 is 55.2. The highest BCUT2D eigenvalue weighted by Crippen LogP contribution is 2.31. The lowest BCUT2D eigenvalue weighted by molar-refractivity contribution is -0.115. The third kappa shape index (κ3) is 5.56. The van der Waals surface area contributed by atoms with Crippen LogP contribution in [0.2, 0.25) is 0 Å². The zero-order valence-electron chi connectivity index (χ0n) is 14.9. The maximum absolute atomic E-state index is 12.2. The van der Waals surface area contributed by atoms with E-state index < -0.39 is 29.1 Å². The van der Waals surface area contributed by atoms with Crippen LogP contribution in [0.25, 0.3) is 11.3 Å². The number of sulfonamides is 1. The van der Waals surface area contributed by atoms with Crippen molar-refractivity contribution >= 4 is 43.7 Å². The average Bonchev–Trinajstić information content (AvgIpc) is 3.31. The maximum Gasteiger partial charge on any atom is 0.387 e. The molecule has 0 aliphatic rings. The van der Waals surface area contributed by atoms with Crippen LogP contribution in [0.5, 0.6) is 5.75 Å². The van der Waals surface area contributed by atoms with Gasteiger partial charge in [0.15, 0.2) is 5.13 Å². The molecule has 0 aliphatic heterocycles. The summed E-state index contributed by atoms with van der Waals surface area (Å²) in [4.78, 5) is 17.2. The molecule has 1 aromatic carbocycles. The van der Waals surface area contributed by atoms with E-state index in [1.54, 1.807) is 30.5 Å². The predicted molar refractivity (Wildman–Crippen MR) is 107 cm³/mol. The molecule has 2 N–H and O–H groups in total. The first-order chi connectivity index (χ1) is 13.7. The van der Waals surface area contributed by atoms with Gasteiger partial charge in [-0.25, -0.2) is 18.1 Å². The second-order valence-electron chi connectivity index (χ2n) is 5.63. The van der Waals surface area contributed by atoms with Crippen molar-refractivity contribution in [2.75, 3.05) is 11.9 Å². The zero-order chi connectivity index (χ0) is 21.0. The SMILES string of the molecule is Cc1sc(NC(=O)CNS(=O)(=O)c2cccs2)nc1-c1ccc(OC(F)F)cc1. The third-order valence-corrected chi connectivity index (χ3v) is 7.26. The molecule has 3 rings (SSSR count). The molecular weight excluding hydrogens is 444 g/mol. The molecule has 1 amide bonds. The molecule has 2 aromatic heterocycles. The van der Waals surface area contributed by atoms with Crippen LogP contribution in [0.3, 0.4) is 0 Å². The second-order valence-corrected chi connectivity index (χ2v) is 9.78. The maximum atomic E-state index is 12.2. The lowest BCUT2D eigenvalue weighted by Gasteiger charge is -2.05. The minimum atomic E-state index is -3.74. The molecule has 0 bridgehead atoms. The number of thiazole rings is 1. The highest BCUT2D eigenvalue weighted by molar-refractivity contribution is 7.91. The summed E-state index contributed by atoms with van der Waals surface area (Å²) in [6.45, 7) is -1.54. The number of hydrogen-bond donors (Lipinski definition) is 2. The second kappa shape index (κ2) is 8.95. The van der Waals surface area contributed by atoms with Crippen molar-refractivity contribution < 1.29 is 26.7 Å². The van der Waals surface area contributed by atoms with Crippen LogP contribution in [0, 0.1) is 6.92 Å². The van der Waals surface area contributed by atoms with Gasteiger partial charge in [0.1, 0.15) is 9.96 Å². The van der Waals surface area contributed by atoms with E-state index in [4.69, 9.17) is 0 Å². The van der Waals surface area contributed by atoms with Crippen molar-refractivity contribution in [1.29, 1.82) is 0 Å². The first-order valence-corrected chi connectivity index (χ1v) is 11.3. The molecular formula is C17H15F2N3O4S3. The molecule has 0 unspecified atom stereocenters. The van der Waals surface area contributed by atoms with Crippen LogP contribution in [-0.2, 0) is 14.8 Å². The van der Waals surface area contributed by atoms with Gasteiger partial charge in [-0.1, -0.05) is 6.07 Å². The van der Waals surface area contributed by atoms with E-state index in [0.717, 1.165) is 16.2 Å². The van der Waals surface area contributed by atoms with E-state index in [1.165, 1.54) is 29.5 Å². The van der Waals surface area contributed by atoms with Crippen molar-refractivity contribution in [3.8, 4) is 17.0 Å². The summed E-state index contributed by atoms with van der Waals surface area (Å²) in [7, 11) is -3.74. The number of rotatable bonds is 8. The number of hydrogen-bond acceptors (Lipinski definition) is 7. The summed E-state index contributed by atoms with van der Waals surface area (Å²) in [6, 6.07) is 9.02. The Hall–Kier alpha value is -2.41. The highest BCUT2D eigenvalue weighted by atomic mass is 32.2. The van der Waals surface area contributed by atoms with Gasteiger partial charge in [-0.3, -0.25) is 4.79 Å². The summed E-state index contributed by atoms with van der Waals surface area (Å²) in [5.74, 6) is -0.533. The molecule has 0 aliphatic carbocycles. The Labute approximate surface area is 173 Å². The number of thiophene rings is 1. The van der Waals surface area contributed by atoms with E-state index in [1.807, 2.05) is 0 Å². The van der Waals surface area contributed by atoms with Crippen LogP contribution >= 0.6 is 22.7 Å². The topological polar surface area (TPSA) is 97.4 Å². The standard InChI is InChI=1S/C17H15F2N3O4S3/c1-10-15(11-4-6-12(7-5-11)26-16(18)19)22-17(28-10)21-13(23)9-20-29(24,25)14-3-2-8-27-14/h2-8,16,20H,9H2,1H3,(H,21,22,23). The molecule has 0 atom stereocenters. The molecule has 0 radical (unpaired) electrons. The van der Waals surface area contributed by atoms with Gasteiger partial charge in [-0.2, -0.15) is 8.78 Å². The molecule has 0 fully saturated rings. The van der Waals surface area contributed by atoms with Gasteiger partial charge < -0.3 is 10.1 Å². The molecule has 0 saturated carbocycles. The molecule has 154 valence electrons. The number of carbonyl (C=O) groups excluding carboxylic acids is 1. The van der Waals surface area contributed by atoms with Crippen molar-refractivity contribution in [2.45, 2.75) is 17.7 Å². The van der Waals surface area contributed by atoms with Crippen LogP contribution in [0.15, 0.2) is 46.0 Å². The van der Waals surface area contributed by atoms with Crippen LogP contribution in [0.4, 0.5) is 13.9 Å². The van der Waals surface area contributed by atoms with Gasteiger partial charge in [-0.15, -0.1) is 22.7 Å². The fourth-order valence-corrected chi connectivity index (χ4v) is 5.20. The fraction of sp³-hybridized carbons (Fsp3) is 0.176. The molecule has 7 nitrogen and oxygen atoms in total. The van der Waals surface area contributed by atoms with Crippen molar-refractivity contribution in [3.63, 3.8) is 0 Å². The average molecular weight is 460 g/mol. The van der Waals surface area contributed by atoms with Crippen LogP contribution in [-0.4, -0.2) is 32.5 Å². The van der Waals surface area contributed by atoms with Gasteiger partial charge in [0.05, 0.1) is 12.2 Å². The zero-order valence-corrected chi connectivity index (χ0v) is 17.3. The van der Waals surface area contributed by atoms with Crippen molar-refractivity contribution in [3.05, 3.63) is 46.7 Å². The molecule has 2 heterocycles. The van der Waals surface area contributed by atoms with Gasteiger partial charge >= 0.3 is 6.61 Å². The first-order valence-electron chi connectivity index (χ1n) is 8.10. The number of halogens is 2. The fourth-order valence-electron chi connectivity index (χ4n) is 2.32. The number of aryl methyl sites for hydroxylation is 1. The Morgan fingerprint density at radius 1 is 1.24 bits per heavy atom. The quantitative estimate of drug-likeness (QED) is 0.535. The van der Waals surface area contributed by atoms with E-state index >= 15 is 0 Å². The summed E-state index contributed by atoms with van der Waals surface area (Å²) in [5.41, 5.74) is 1.24. The summed E-state index contributed by atoms with van der Waals surface area (Å²) >= 11 is 2.26. The van der Waals surface area contributed by atoms with Gasteiger partial charge in [0.25, 0.3) is 10.0 Å². The Bertz CT molecular complexity index is 1080. The molecule has 29 heavy (non-hydrogen) atoms. The number of nitrogens with one attached hydrogen (secondary N) is 2.